The summed E-state index contributed by atoms with van der Waals surface area (Å²) in [6.07, 6.45) is 0. The third-order valence-corrected chi connectivity index (χ3v) is 8.01. The highest BCUT2D eigenvalue weighted by Gasteiger charge is 2.27. The SMILES string of the molecule is Cc1ccc(S(=O)(=O)N(CC(=O)Nc2cc(Cl)ccc2Oc2ccccc2)Cc2ccc(Br)cc2)cc1. The van der Waals surface area contributed by atoms with E-state index in [0.717, 1.165) is 19.9 Å². The second-order valence-electron chi connectivity index (χ2n) is 8.32. The van der Waals surface area contributed by atoms with Crippen LogP contribution in [-0.2, 0) is 21.4 Å². The average molecular weight is 600 g/mol. The van der Waals surface area contributed by atoms with Gasteiger partial charge in [-0.3, -0.25) is 4.79 Å². The predicted octanol–water partition coefficient (Wildman–Crippen LogP) is 7.03. The van der Waals surface area contributed by atoms with Crippen LogP contribution in [-0.4, -0.2) is 25.2 Å². The van der Waals surface area contributed by atoms with Crippen molar-refractivity contribution in [2.75, 3.05) is 11.9 Å². The van der Waals surface area contributed by atoms with Crippen molar-refractivity contribution in [1.29, 1.82) is 0 Å². The highest BCUT2D eigenvalue weighted by Crippen LogP contribution is 2.32. The van der Waals surface area contributed by atoms with Crippen LogP contribution < -0.4 is 10.1 Å². The van der Waals surface area contributed by atoms with Crippen molar-refractivity contribution in [2.24, 2.45) is 0 Å². The first-order chi connectivity index (χ1) is 17.7. The molecule has 4 aromatic rings. The van der Waals surface area contributed by atoms with Crippen molar-refractivity contribution in [3.63, 3.8) is 0 Å². The maximum absolute atomic E-state index is 13.6. The number of halogens is 2. The van der Waals surface area contributed by atoms with Gasteiger partial charge in [0.25, 0.3) is 0 Å². The summed E-state index contributed by atoms with van der Waals surface area (Å²) in [5.74, 6) is 0.428. The van der Waals surface area contributed by atoms with Crippen molar-refractivity contribution in [1.82, 2.24) is 4.31 Å². The third-order valence-electron chi connectivity index (χ3n) is 5.44. The topological polar surface area (TPSA) is 75.7 Å². The van der Waals surface area contributed by atoms with Gasteiger partial charge in [-0.1, -0.05) is 75.6 Å². The number of ether oxygens (including phenoxy) is 1. The van der Waals surface area contributed by atoms with E-state index in [4.69, 9.17) is 16.3 Å². The lowest BCUT2D eigenvalue weighted by Crippen LogP contribution is -2.37. The Morgan fingerprint density at radius 1 is 0.946 bits per heavy atom. The molecule has 0 aliphatic carbocycles. The van der Waals surface area contributed by atoms with Crippen LogP contribution in [0.2, 0.25) is 5.02 Å². The monoisotopic (exact) mass is 598 g/mol. The first kappa shape index (κ1) is 26.9. The normalized spacial score (nSPS) is 11.4. The fourth-order valence-electron chi connectivity index (χ4n) is 3.53. The molecule has 0 fully saturated rings. The zero-order valence-corrected chi connectivity index (χ0v) is 23.1. The molecule has 37 heavy (non-hydrogen) atoms. The molecule has 0 unspecified atom stereocenters. The van der Waals surface area contributed by atoms with E-state index in [2.05, 4.69) is 21.2 Å². The number of nitrogens with zero attached hydrogens (tertiary/aromatic N) is 1. The molecule has 0 saturated carbocycles. The van der Waals surface area contributed by atoms with Crippen LogP contribution >= 0.6 is 27.5 Å². The number of benzene rings is 4. The Balaban J connectivity index is 1.60. The van der Waals surface area contributed by atoms with Crippen molar-refractivity contribution < 1.29 is 17.9 Å². The van der Waals surface area contributed by atoms with Crippen LogP contribution in [0, 0.1) is 6.92 Å². The Morgan fingerprint density at radius 3 is 2.30 bits per heavy atom. The number of anilines is 1. The third kappa shape index (κ3) is 7.20. The maximum Gasteiger partial charge on any atom is 0.243 e. The van der Waals surface area contributed by atoms with Gasteiger partial charge < -0.3 is 10.1 Å². The second-order valence-corrected chi connectivity index (χ2v) is 11.6. The highest BCUT2D eigenvalue weighted by molar-refractivity contribution is 9.10. The Bertz CT molecular complexity index is 1480. The molecule has 0 atom stereocenters. The van der Waals surface area contributed by atoms with Crippen molar-refractivity contribution in [3.05, 3.63) is 118 Å². The molecule has 4 aromatic carbocycles. The number of amides is 1. The summed E-state index contributed by atoms with van der Waals surface area (Å²) in [6, 6.07) is 27.8. The fraction of sp³-hybridized carbons (Fsp3) is 0.107. The summed E-state index contributed by atoms with van der Waals surface area (Å²) in [4.78, 5) is 13.3. The van der Waals surface area contributed by atoms with Crippen LogP contribution in [0.5, 0.6) is 11.5 Å². The summed E-state index contributed by atoms with van der Waals surface area (Å²) in [6.45, 7) is 1.48. The highest BCUT2D eigenvalue weighted by atomic mass is 79.9. The zero-order chi connectivity index (χ0) is 26.4. The first-order valence-electron chi connectivity index (χ1n) is 11.3. The smallest absolute Gasteiger partial charge is 0.243 e. The molecule has 190 valence electrons. The largest absolute Gasteiger partial charge is 0.455 e. The molecule has 0 saturated heterocycles. The molecule has 0 aliphatic heterocycles. The number of sulfonamides is 1. The van der Waals surface area contributed by atoms with Crippen molar-refractivity contribution >= 4 is 49.1 Å². The Morgan fingerprint density at radius 2 is 1.62 bits per heavy atom. The number of para-hydroxylation sites is 1. The van der Waals surface area contributed by atoms with Crippen LogP contribution in [0.4, 0.5) is 5.69 Å². The van der Waals surface area contributed by atoms with Gasteiger partial charge in [0.15, 0.2) is 5.75 Å². The summed E-state index contributed by atoms with van der Waals surface area (Å²) < 4.78 is 35.0. The van der Waals surface area contributed by atoms with E-state index in [-0.39, 0.29) is 11.4 Å². The van der Waals surface area contributed by atoms with Crippen LogP contribution in [0.15, 0.2) is 106 Å². The number of nitrogens with one attached hydrogen (secondary N) is 1. The van der Waals surface area contributed by atoms with Gasteiger partial charge in [0.1, 0.15) is 5.75 Å². The molecule has 4 rings (SSSR count). The van der Waals surface area contributed by atoms with Crippen molar-refractivity contribution in [3.8, 4) is 11.5 Å². The number of hydrogen-bond acceptors (Lipinski definition) is 4. The lowest BCUT2D eigenvalue weighted by Gasteiger charge is -2.22. The summed E-state index contributed by atoms with van der Waals surface area (Å²) in [5.41, 5.74) is 2.00. The molecule has 0 radical (unpaired) electrons. The standard InChI is InChI=1S/C28H24BrClN2O4S/c1-20-7-14-25(15-8-20)37(34,35)32(18-21-9-11-22(29)12-10-21)19-28(33)31-26-17-23(30)13-16-27(26)36-24-5-3-2-4-6-24/h2-17H,18-19H2,1H3,(H,31,33). The number of carbonyl (C=O) groups excluding carboxylic acids is 1. The van der Waals surface area contributed by atoms with Gasteiger partial charge in [-0.05, 0) is 67.1 Å². The minimum atomic E-state index is -3.98. The summed E-state index contributed by atoms with van der Waals surface area (Å²) in [7, 11) is -3.98. The van der Waals surface area contributed by atoms with Gasteiger partial charge in [0, 0.05) is 16.0 Å². The summed E-state index contributed by atoms with van der Waals surface area (Å²) >= 11 is 9.57. The lowest BCUT2D eigenvalue weighted by molar-refractivity contribution is -0.116. The zero-order valence-electron chi connectivity index (χ0n) is 19.9. The van der Waals surface area contributed by atoms with Crippen LogP contribution in [0.1, 0.15) is 11.1 Å². The summed E-state index contributed by atoms with van der Waals surface area (Å²) in [5, 5.41) is 3.17. The fourth-order valence-corrected chi connectivity index (χ4v) is 5.35. The van der Waals surface area contributed by atoms with Gasteiger partial charge >= 0.3 is 0 Å². The van der Waals surface area contributed by atoms with Crippen molar-refractivity contribution in [2.45, 2.75) is 18.4 Å². The average Bonchev–Trinajstić information content (AvgIpc) is 2.87. The minimum Gasteiger partial charge on any atom is -0.455 e. The van der Waals surface area contributed by atoms with Gasteiger partial charge in [-0.2, -0.15) is 4.31 Å². The maximum atomic E-state index is 13.6. The predicted molar refractivity (Wildman–Crippen MR) is 150 cm³/mol. The molecular formula is C28H24BrClN2O4S. The number of aryl methyl sites for hydroxylation is 1. The Labute approximate surface area is 230 Å². The second kappa shape index (κ2) is 11.9. The molecule has 1 amide bonds. The van der Waals surface area contributed by atoms with E-state index in [1.54, 1.807) is 54.6 Å². The van der Waals surface area contributed by atoms with Gasteiger partial charge in [-0.15, -0.1) is 0 Å². The number of hydrogen-bond donors (Lipinski definition) is 1. The molecule has 1 N–H and O–H groups in total. The number of rotatable bonds is 9. The molecule has 0 aliphatic rings. The van der Waals surface area contributed by atoms with E-state index >= 15 is 0 Å². The van der Waals surface area contributed by atoms with E-state index in [1.165, 1.54) is 0 Å². The van der Waals surface area contributed by atoms with E-state index in [9.17, 15) is 13.2 Å². The van der Waals surface area contributed by atoms with Crippen LogP contribution in [0.3, 0.4) is 0 Å². The Kier molecular flexibility index (Phi) is 8.66. The molecule has 9 heteroatoms. The first-order valence-corrected chi connectivity index (χ1v) is 14.0. The van der Waals surface area contributed by atoms with E-state index in [0.29, 0.717) is 22.2 Å². The Hall–Kier alpha value is -3.17. The van der Waals surface area contributed by atoms with Crippen LogP contribution in [0.25, 0.3) is 0 Å². The van der Waals surface area contributed by atoms with E-state index < -0.39 is 22.5 Å². The molecule has 0 bridgehead atoms. The minimum absolute atomic E-state index is 0.0137. The van der Waals surface area contributed by atoms with Gasteiger partial charge in [0.05, 0.1) is 17.1 Å². The number of carbonyl (C=O) groups is 1. The molecule has 6 nitrogen and oxygen atoms in total. The molecular weight excluding hydrogens is 576 g/mol. The lowest BCUT2D eigenvalue weighted by atomic mass is 10.2. The molecule has 0 heterocycles. The van der Waals surface area contributed by atoms with E-state index in [1.807, 2.05) is 49.4 Å². The molecule has 0 spiro atoms. The van der Waals surface area contributed by atoms with Gasteiger partial charge in [0.2, 0.25) is 15.9 Å². The quantitative estimate of drug-likeness (QED) is 0.224. The van der Waals surface area contributed by atoms with Gasteiger partial charge in [-0.25, -0.2) is 8.42 Å². The molecule has 0 aromatic heterocycles.